The van der Waals surface area contributed by atoms with E-state index in [2.05, 4.69) is 63.0 Å². The maximum atomic E-state index is 11.7. The summed E-state index contributed by atoms with van der Waals surface area (Å²) in [5.74, 6) is 1.01. The molecule has 1 heterocycles. The molecular weight excluding hydrogens is 382 g/mol. The molecule has 3 aliphatic carbocycles. The first-order chi connectivity index (χ1) is 14.8. The van der Waals surface area contributed by atoms with Gasteiger partial charge in [-0.15, -0.1) is 0 Å². The van der Waals surface area contributed by atoms with Gasteiger partial charge in [0.15, 0.2) is 0 Å². The van der Waals surface area contributed by atoms with E-state index in [9.17, 15) is 10.2 Å². The first-order valence-corrected chi connectivity index (χ1v) is 12.2. The third kappa shape index (κ3) is 2.22. The summed E-state index contributed by atoms with van der Waals surface area (Å²) < 4.78 is 0. The second kappa shape index (κ2) is 6.36. The van der Waals surface area contributed by atoms with Crippen molar-refractivity contribution in [2.75, 3.05) is 0 Å². The van der Waals surface area contributed by atoms with E-state index in [0.717, 1.165) is 32.1 Å². The zero-order valence-electron chi connectivity index (χ0n) is 19.2. The summed E-state index contributed by atoms with van der Waals surface area (Å²) in [6.07, 6.45) is 3.93. The number of aryl methyl sites for hydroxylation is 1. The van der Waals surface area contributed by atoms with Crippen LogP contribution in [-0.2, 0) is 6.42 Å². The van der Waals surface area contributed by atoms with Gasteiger partial charge in [-0.2, -0.15) is 0 Å². The Kier molecular flexibility index (Phi) is 4.06. The number of para-hydroxylation sites is 1. The highest BCUT2D eigenvalue weighted by Crippen LogP contribution is 2.71. The van der Waals surface area contributed by atoms with E-state index in [4.69, 9.17) is 0 Å². The van der Waals surface area contributed by atoms with Crippen LogP contribution in [0.4, 0.5) is 0 Å². The lowest BCUT2D eigenvalue weighted by Crippen LogP contribution is -2.67. The largest absolute Gasteiger partial charge is 0.393 e. The highest BCUT2D eigenvalue weighted by Gasteiger charge is 2.68. The SMILES string of the molecule is Cc1cc2[nH]c3ccccc3c2c2c1CC[C@@]13C(O)CCC(C)[C@]1(C)C(O)CC(C)[C@@H]23. The number of benzene rings is 2. The molecule has 6 rings (SSSR count). The first kappa shape index (κ1) is 19.8. The van der Waals surface area contributed by atoms with Crippen LogP contribution in [0.25, 0.3) is 21.8 Å². The Balaban J connectivity index is 1.73. The van der Waals surface area contributed by atoms with Gasteiger partial charge in [-0.1, -0.05) is 39.0 Å². The minimum absolute atomic E-state index is 0.262. The lowest BCUT2D eigenvalue weighted by molar-refractivity contribution is -0.234. The van der Waals surface area contributed by atoms with E-state index in [-0.39, 0.29) is 29.0 Å². The third-order valence-electron chi connectivity index (χ3n) is 10.2. The van der Waals surface area contributed by atoms with E-state index in [1.54, 1.807) is 0 Å². The van der Waals surface area contributed by atoms with Gasteiger partial charge in [0.05, 0.1) is 12.2 Å². The average Bonchev–Trinajstić information content (AvgIpc) is 3.11. The zero-order chi connectivity index (χ0) is 21.7. The predicted octanol–water partition coefficient (Wildman–Crippen LogP) is 5.84. The third-order valence-corrected chi connectivity index (χ3v) is 10.2. The standard InChI is InChI=1S/C28H35NO2/c1-15-13-21-24(19-7-5-6-8-20(19)29-21)25-18(15)11-12-28-22(30)10-9-17(3)27(28,4)23(31)14-16(2)26(25)28/h5-8,13,16-17,22-23,26,29-31H,9-12,14H2,1-4H3/t16?,17?,22?,23?,26-,27+,28-/m0/s1. The number of hydrogen-bond donors (Lipinski definition) is 3. The molecule has 0 aliphatic heterocycles. The maximum Gasteiger partial charge on any atom is 0.0608 e. The summed E-state index contributed by atoms with van der Waals surface area (Å²) in [6, 6.07) is 11.0. The molecule has 2 aromatic carbocycles. The summed E-state index contributed by atoms with van der Waals surface area (Å²) in [7, 11) is 0. The molecule has 3 heteroatoms. The van der Waals surface area contributed by atoms with Gasteiger partial charge in [-0.25, -0.2) is 0 Å². The summed E-state index contributed by atoms with van der Waals surface area (Å²) in [6.45, 7) is 9.19. The number of aliphatic hydroxyl groups excluding tert-OH is 2. The molecule has 2 saturated carbocycles. The molecule has 7 atom stereocenters. The number of aliphatic hydroxyl groups is 2. The van der Waals surface area contributed by atoms with Crippen molar-refractivity contribution in [3.63, 3.8) is 0 Å². The average molecular weight is 418 g/mol. The van der Waals surface area contributed by atoms with Gasteiger partial charge in [0.25, 0.3) is 0 Å². The smallest absolute Gasteiger partial charge is 0.0608 e. The number of rotatable bonds is 0. The van der Waals surface area contributed by atoms with Crippen LogP contribution in [0.15, 0.2) is 30.3 Å². The van der Waals surface area contributed by atoms with E-state index >= 15 is 0 Å². The number of aromatic nitrogens is 1. The molecule has 3 nitrogen and oxygen atoms in total. The van der Waals surface area contributed by atoms with Crippen molar-refractivity contribution in [1.82, 2.24) is 4.98 Å². The fourth-order valence-electron chi connectivity index (χ4n) is 8.57. The number of hydrogen-bond acceptors (Lipinski definition) is 2. The lowest BCUT2D eigenvalue weighted by atomic mass is 9.37. The monoisotopic (exact) mass is 417 g/mol. The summed E-state index contributed by atoms with van der Waals surface area (Å²) in [5.41, 5.74) is 6.19. The van der Waals surface area contributed by atoms with E-state index in [0.29, 0.717) is 11.8 Å². The van der Waals surface area contributed by atoms with Crippen LogP contribution in [-0.4, -0.2) is 27.4 Å². The molecule has 0 bridgehead atoms. The quantitative estimate of drug-likeness (QED) is 0.430. The maximum absolute atomic E-state index is 11.7. The summed E-state index contributed by atoms with van der Waals surface area (Å²) in [4.78, 5) is 3.68. The van der Waals surface area contributed by atoms with Crippen molar-refractivity contribution in [3.05, 3.63) is 47.0 Å². The Morgan fingerprint density at radius 3 is 2.61 bits per heavy atom. The van der Waals surface area contributed by atoms with Gasteiger partial charge >= 0.3 is 0 Å². The molecule has 4 unspecified atom stereocenters. The lowest BCUT2D eigenvalue weighted by Gasteiger charge is -2.68. The van der Waals surface area contributed by atoms with E-state index in [1.165, 1.54) is 38.5 Å². The fourth-order valence-corrected chi connectivity index (χ4v) is 8.57. The topological polar surface area (TPSA) is 56.2 Å². The van der Waals surface area contributed by atoms with Gasteiger partial charge in [0.1, 0.15) is 0 Å². The Morgan fingerprint density at radius 1 is 1.03 bits per heavy atom. The van der Waals surface area contributed by atoms with Gasteiger partial charge in [0, 0.05) is 32.6 Å². The minimum Gasteiger partial charge on any atom is -0.393 e. The predicted molar refractivity (Wildman–Crippen MR) is 126 cm³/mol. The van der Waals surface area contributed by atoms with Gasteiger partial charge < -0.3 is 15.2 Å². The zero-order valence-corrected chi connectivity index (χ0v) is 19.2. The number of aromatic amines is 1. The van der Waals surface area contributed by atoms with Crippen molar-refractivity contribution in [2.45, 2.75) is 77.9 Å². The van der Waals surface area contributed by atoms with Crippen molar-refractivity contribution >= 4 is 21.8 Å². The van der Waals surface area contributed by atoms with Crippen LogP contribution >= 0.6 is 0 Å². The van der Waals surface area contributed by atoms with Gasteiger partial charge in [-0.05, 0) is 85.6 Å². The summed E-state index contributed by atoms with van der Waals surface area (Å²) in [5, 5.41) is 25.9. The molecular formula is C28H35NO2. The Labute approximate surface area is 184 Å². The first-order valence-electron chi connectivity index (χ1n) is 12.2. The molecule has 1 aromatic heterocycles. The van der Waals surface area contributed by atoms with Crippen LogP contribution in [0.1, 0.15) is 69.1 Å². The van der Waals surface area contributed by atoms with Crippen LogP contribution in [0, 0.1) is 29.6 Å². The van der Waals surface area contributed by atoms with Gasteiger partial charge in [-0.3, -0.25) is 0 Å². The molecule has 2 fully saturated rings. The molecule has 0 saturated heterocycles. The van der Waals surface area contributed by atoms with Crippen LogP contribution in [0.5, 0.6) is 0 Å². The highest BCUT2D eigenvalue weighted by atomic mass is 16.3. The molecule has 164 valence electrons. The molecule has 31 heavy (non-hydrogen) atoms. The van der Waals surface area contributed by atoms with Crippen molar-refractivity contribution < 1.29 is 10.2 Å². The van der Waals surface area contributed by atoms with Gasteiger partial charge in [0.2, 0.25) is 0 Å². The number of fused-ring (bicyclic) bond motifs is 6. The number of nitrogens with one attached hydrogen (secondary N) is 1. The number of H-pyrrole nitrogens is 1. The van der Waals surface area contributed by atoms with Crippen LogP contribution in [0.2, 0.25) is 0 Å². The fraction of sp³-hybridized carbons (Fsp3) is 0.571. The van der Waals surface area contributed by atoms with Crippen molar-refractivity contribution in [2.24, 2.45) is 22.7 Å². The Hall–Kier alpha value is -1.84. The normalized spacial score (nSPS) is 39.9. The Bertz CT molecular complexity index is 1190. The van der Waals surface area contributed by atoms with E-state index in [1.807, 2.05) is 0 Å². The minimum atomic E-state index is -0.356. The summed E-state index contributed by atoms with van der Waals surface area (Å²) >= 11 is 0. The van der Waals surface area contributed by atoms with Crippen LogP contribution < -0.4 is 0 Å². The molecule has 0 radical (unpaired) electrons. The Morgan fingerprint density at radius 2 is 1.81 bits per heavy atom. The molecule has 1 spiro atoms. The second-order valence-electron chi connectivity index (χ2n) is 11.2. The molecule has 0 amide bonds. The van der Waals surface area contributed by atoms with Crippen LogP contribution in [0.3, 0.4) is 0 Å². The molecule has 3 aliphatic rings. The molecule has 3 N–H and O–H groups in total. The highest BCUT2D eigenvalue weighted by molar-refractivity contribution is 6.10. The van der Waals surface area contributed by atoms with Crippen molar-refractivity contribution in [3.8, 4) is 0 Å². The molecule has 3 aromatic rings. The second-order valence-corrected chi connectivity index (χ2v) is 11.2. The van der Waals surface area contributed by atoms with E-state index < -0.39 is 0 Å². The van der Waals surface area contributed by atoms with Crippen molar-refractivity contribution in [1.29, 1.82) is 0 Å².